The van der Waals surface area contributed by atoms with Crippen molar-refractivity contribution in [1.29, 1.82) is 0 Å². The van der Waals surface area contributed by atoms with Gasteiger partial charge in [0.25, 0.3) is 0 Å². The molecular weight excluding hydrogens is 348 g/mol. The highest BCUT2D eigenvalue weighted by molar-refractivity contribution is 8.22. The van der Waals surface area contributed by atoms with Gasteiger partial charge in [0.2, 0.25) is 0 Å². The van der Waals surface area contributed by atoms with E-state index < -0.39 is 0 Å². The lowest BCUT2D eigenvalue weighted by Crippen LogP contribution is -2.50. The normalized spacial score (nSPS) is 21.1. The van der Waals surface area contributed by atoms with Gasteiger partial charge in [0.15, 0.2) is 0 Å². The first-order valence-electron chi connectivity index (χ1n) is 9.57. The predicted octanol–water partition coefficient (Wildman–Crippen LogP) is 5.19. The standard InChI is InChI=1S/C24H27N2S/c1-19(2)15-26-16-23(17-26)27-14-13-22(18-27)25-24(20-9-5-3-6-10-20)21-11-7-4-8-12-21/h3-14,18,23,27H,15-17H2,1-2H3. The second kappa shape index (κ2) is 8.28. The molecule has 1 fully saturated rings. The first-order valence-corrected chi connectivity index (χ1v) is 11.1. The summed E-state index contributed by atoms with van der Waals surface area (Å²) in [6, 6.07) is 21.0. The molecule has 0 bridgehead atoms. The van der Waals surface area contributed by atoms with Crippen molar-refractivity contribution in [2.24, 2.45) is 4.99 Å². The summed E-state index contributed by atoms with van der Waals surface area (Å²) in [6.07, 6.45) is 2.22. The molecule has 2 aromatic rings. The summed E-state index contributed by atoms with van der Waals surface area (Å²) in [5.41, 5.74) is 4.49. The third kappa shape index (κ3) is 4.42. The summed E-state index contributed by atoms with van der Waals surface area (Å²) in [7, 11) is -0.180. The van der Waals surface area contributed by atoms with E-state index in [1.807, 2.05) is 0 Å². The van der Waals surface area contributed by atoms with Crippen molar-refractivity contribution in [2.45, 2.75) is 19.1 Å². The fourth-order valence-electron chi connectivity index (χ4n) is 3.62. The van der Waals surface area contributed by atoms with Gasteiger partial charge in [0, 0.05) is 36.0 Å². The van der Waals surface area contributed by atoms with E-state index in [0.717, 1.165) is 34.3 Å². The molecule has 0 spiro atoms. The third-order valence-corrected chi connectivity index (χ3v) is 7.16. The summed E-state index contributed by atoms with van der Waals surface area (Å²) in [4.78, 5) is 7.61. The molecular formula is C24H27N2S. The van der Waals surface area contributed by atoms with Crippen LogP contribution < -0.4 is 0 Å². The fraction of sp³-hybridized carbons (Fsp3) is 0.250. The lowest BCUT2D eigenvalue weighted by molar-refractivity contribution is 0.199. The van der Waals surface area contributed by atoms with Crippen LogP contribution in [0.15, 0.2) is 88.2 Å². The smallest absolute Gasteiger partial charge is 0.0781 e. The van der Waals surface area contributed by atoms with E-state index in [1.165, 1.54) is 19.0 Å². The maximum atomic E-state index is 5.06. The Hall–Kier alpha value is -2.10. The van der Waals surface area contributed by atoms with E-state index in [4.69, 9.17) is 4.99 Å². The maximum absolute atomic E-state index is 5.06. The molecule has 139 valence electrons. The van der Waals surface area contributed by atoms with Gasteiger partial charge < -0.3 is 4.90 Å². The van der Waals surface area contributed by atoms with Gasteiger partial charge in [-0.05, 0) is 22.8 Å². The number of rotatable bonds is 6. The molecule has 0 aliphatic carbocycles. The van der Waals surface area contributed by atoms with E-state index >= 15 is 0 Å². The van der Waals surface area contributed by atoms with Gasteiger partial charge in [0.05, 0.1) is 11.4 Å². The van der Waals surface area contributed by atoms with E-state index in [9.17, 15) is 0 Å². The zero-order valence-electron chi connectivity index (χ0n) is 16.0. The molecule has 4 rings (SSSR count). The number of likely N-dealkylation sites (tertiary alicyclic amines) is 1. The van der Waals surface area contributed by atoms with Crippen molar-refractivity contribution in [2.75, 3.05) is 19.6 Å². The molecule has 2 aromatic carbocycles. The Balaban J connectivity index is 1.53. The van der Waals surface area contributed by atoms with E-state index in [2.05, 4.69) is 96.3 Å². The van der Waals surface area contributed by atoms with E-state index in [1.54, 1.807) is 0 Å². The zero-order valence-corrected chi connectivity index (χ0v) is 16.9. The summed E-state index contributed by atoms with van der Waals surface area (Å²) in [6.45, 7) is 8.02. The summed E-state index contributed by atoms with van der Waals surface area (Å²) in [5, 5.41) is 5.60. The molecule has 2 aliphatic heterocycles. The van der Waals surface area contributed by atoms with Crippen LogP contribution in [0.3, 0.4) is 0 Å². The Morgan fingerprint density at radius 1 is 0.963 bits per heavy atom. The summed E-state index contributed by atoms with van der Waals surface area (Å²) >= 11 is 0. The van der Waals surface area contributed by atoms with E-state index in [0.29, 0.717) is 0 Å². The monoisotopic (exact) mass is 375 g/mol. The average molecular weight is 376 g/mol. The second-order valence-corrected chi connectivity index (χ2v) is 9.75. The number of hydrogen-bond acceptors (Lipinski definition) is 2. The van der Waals surface area contributed by atoms with Crippen LogP contribution in [-0.4, -0.2) is 35.5 Å². The summed E-state index contributed by atoms with van der Waals surface area (Å²) in [5.74, 6) is 1.50. The fourth-order valence-corrected chi connectivity index (χ4v) is 5.77. The topological polar surface area (TPSA) is 15.6 Å². The van der Waals surface area contributed by atoms with Crippen LogP contribution in [0, 0.1) is 5.92 Å². The van der Waals surface area contributed by atoms with Gasteiger partial charge in [0.1, 0.15) is 0 Å². The van der Waals surface area contributed by atoms with Crippen molar-refractivity contribution in [3.8, 4) is 0 Å². The molecule has 1 unspecified atom stereocenters. The number of nitrogens with zero attached hydrogens (tertiary/aromatic N) is 2. The summed E-state index contributed by atoms with van der Waals surface area (Å²) < 4.78 is 0. The molecule has 1 radical (unpaired) electrons. The molecule has 0 aromatic heterocycles. The van der Waals surface area contributed by atoms with Crippen molar-refractivity contribution in [3.63, 3.8) is 0 Å². The first-order chi connectivity index (χ1) is 13.2. The largest absolute Gasteiger partial charge is 0.301 e. The molecule has 0 N–H and O–H groups in total. The minimum absolute atomic E-state index is 0.180. The van der Waals surface area contributed by atoms with Gasteiger partial charge in [-0.3, -0.25) is 0 Å². The molecule has 3 heteroatoms. The molecule has 0 saturated carbocycles. The van der Waals surface area contributed by atoms with Crippen molar-refractivity contribution in [3.05, 3.63) is 100 Å². The highest BCUT2D eigenvalue weighted by atomic mass is 32.2. The Labute approximate surface area is 165 Å². The van der Waals surface area contributed by atoms with Crippen molar-refractivity contribution in [1.82, 2.24) is 4.90 Å². The molecule has 2 nitrogen and oxygen atoms in total. The number of thiol groups is 1. The van der Waals surface area contributed by atoms with Gasteiger partial charge in [-0.25, -0.2) is 15.9 Å². The zero-order chi connectivity index (χ0) is 18.6. The SMILES string of the molecule is C[C](C)CN1CC([SH]2C=CC(N=C(c3ccccc3)c3ccccc3)=C2)C1. The quantitative estimate of drug-likeness (QED) is 0.542. The lowest BCUT2D eigenvalue weighted by atomic mass is 10.0. The van der Waals surface area contributed by atoms with Gasteiger partial charge >= 0.3 is 0 Å². The van der Waals surface area contributed by atoms with Gasteiger partial charge in [-0.15, -0.1) is 0 Å². The van der Waals surface area contributed by atoms with Gasteiger partial charge in [-0.1, -0.05) is 74.5 Å². The average Bonchev–Trinajstić information content (AvgIpc) is 3.12. The van der Waals surface area contributed by atoms with Crippen molar-refractivity contribution < 1.29 is 0 Å². The molecule has 2 aliphatic rings. The minimum atomic E-state index is -0.180. The highest BCUT2D eigenvalue weighted by Crippen LogP contribution is 2.45. The Morgan fingerprint density at radius 3 is 2.11 bits per heavy atom. The molecule has 0 amide bonds. The van der Waals surface area contributed by atoms with E-state index in [-0.39, 0.29) is 10.9 Å². The number of aliphatic imine (C=N–C) groups is 1. The van der Waals surface area contributed by atoms with Crippen LogP contribution in [-0.2, 0) is 0 Å². The molecule has 1 saturated heterocycles. The molecule has 2 heterocycles. The minimum Gasteiger partial charge on any atom is -0.301 e. The van der Waals surface area contributed by atoms with Crippen LogP contribution in [0.2, 0.25) is 0 Å². The Kier molecular flexibility index (Phi) is 5.61. The third-order valence-electron chi connectivity index (χ3n) is 4.93. The van der Waals surface area contributed by atoms with Crippen LogP contribution >= 0.6 is 10.9 Å². The van der Waals surface area contributed by atoms with Crippen LogP contribution in [0.4, 0.5) is 0 Å². The number of allylic oxidation sites excluding steroid dienone is 1. The maximum Gasteiger partial charge on any atom is 0.0781 e. The van der Waals surface area contributed by atoms with Crippen LogP contribution in [0.5, 0.6) is 0 Å². The number of hydrogen-bond donors (Lipinski definition) is 1. The number of benzene rings is 2. The second-order valence-electron chi connectivity index (χ2n) is 7.56. The van der Waals surface area contributed by atoms with Crippen LogP contribution in [0.1, 0.15) is 25.0 Å². The molecule has 27 heavy (non-hydrogen) atoms. The Morgan fingerprint density at radius 2 is 1.56 bits per heavy atom. The first kappa shape index (κ1) is 18.3. The molecule has 1 atom stereocenters. The van der Waals surface area contributed by atoms with Crippen molar-refractivity contribution >= 4 is 16.6 Å². The van der Waals surface area contributed by atoms with Gasteiger partial charge in [-0.2, -0.15) is 0 Å². The Bertz CT molecular complexity index is 805. The predicted molar refractivity (Wildman–Crippen MR) is 120 cm³/mol. The lowest BCUT2D eigenvalue weighted by Gasteiger charge is -2.43. The highest BCUT2D eigenvalue weighted by Gasteiger charge is 2.31. The van der Waals surface area contributed by atoms with Crippen LogP contribution in [0.25, 0.3) is 0 Å².